The van der Waals surface area contributed by atoms with Gasteiger partial charge in [-0.3, -0.25) is 4.79 Å². The van der Waals surface area contributed by atoms with E-state index >= 15 is 0 Å². The molecule has 100 valence electrons. The second-order valence-corrected chi connectivity index (χ2v) is 4.73. The van der Waals surface area contributed by atoms with E-state index in [0.717, 1.165) is 30.5 Å². The first-order valence-corrected chi connectivity index (χ1v) is 7.04. The van der Waals surface area contributed by atoms with E-state index in [1.165, 1.54) is 0 Å². The summed E-state index contributed by atoms with van der Waals surface area (Å²) in [5.74, 6) is 0.152. The molecule has 0 saturated heterocycles. The Labute approximate surface area is 115 Å². The summed E-state index contributed by atoms with van der Waals surface area (Å²) in [5.41, 5.74) is 1.89. The molecule has 2 nitrogen and oxygen atoms in total. The Morgan fingerprint density at radius 3 is 2.37 bits per heavy atom. The Hall–Kier alpha value is -1.83. The van der Waals surface area contributed by atoms with Gasteiger partial charge in [0.25, 0.3) is 0 Å². The summed E-state index contributed by atoms with van der Waals surface area (Å²) in [6.45, 7) is 4.00. The van der Waals surface area contributed by atoms with Gasteiger partial charge in [0, 0.05) is 12.1 Å². The van der Waals surface area contributed by atoms with Gasteiger partial charge in [0.2, 0.25) is 5.91 Å². The molecule has 0 unspecified atom stereocenters. The van der Waals surface area contributed by atoms with Gasteiger partial charge in [-0.1, -0.05) is 56.3 Å². The number of carbonyl (C=O) groups is 1. The molecule has 1 aromatic rings. The second kappa shape index (κ2) is 5.87. The molecule has 0 spiro atoms. The monoisotopic (exact) mass is 255 g/mol. The first-order valence-electron chi connectivity index (χ1n) is 7.04. The molecule has 0 bridgehead atoms. The highest BCUT2D eigenvalue weighted by atomic mass is 16.2. The average molecular weight is 255 g/mol. The molecule has 0 heterocycles. The molecule has 1 N–H and O–H groups in total. The molecular formula is C17H21NO. The van der Waals surface area contributed by atoms with E-state index in [0.29, 0.717) is 0 Å². The maximum absolute atomic E-state index is 12.3. The fraction of sp³-hybridized carbons (Fsp3) is 0.353. The zero-order valence-corrected chi connectivity index (χ0v) is 11.6. The minimum absolute atomic E-state index is 0.152. The van der Waals surface area contributed by atoms with Gasteiger partial charge < -0.3 is 5.32 Å². The molecule has 0 atom stereocenters. The minimum Gasteiger partial charge on any atom is -0.329 e. The molecule has 1 aromatic carbocycles. The molecule has 0 aromatic heterocycles. The number of hydrogen-bond donors (Lipinski definition) is 1. The highest BCUT2D eigenvalue weighted by Crippen LogP contribution is 2.48. The lowest BCUT2D eigenvalue weighted by Gasteiger charge is -2.16. The van der Waals surface area contributed by atoms with E-state index < -0.39 is 0 Å². The predicted molar refractivity (Wildman–Crippen MR) is 78.7 cm³/mol. The van der Waals surface area contributed by atoms with Gasteiger partial charge in [-0.2, -0.15) is 0 Å². The Morgan fingerprint density at radius 1 is 1.16 bits per heavy atom. The lowest BCUT2D eigenvalue weighted by Crippen LogP contribution is -2.33. The number of carbonyl (C=O) groups excluding carboxylic acids is 1. The van der Waals surface area contributed by atoms with Crippen LogP contribution in [0.5, 0.6) is 0 Å². The van der Waals surface area contributed by atoms with Crippen molar-refractivity contribution in [3.63, 3.8) is 0 Å². The largest absolute Gasteiger partial charge is 0.329 e. The molecule has 1 fully saturated rings. The Morgan fingerprint density at radius 2 is 1.84 bits per heavy atom. The van der Waals surface area contributed by atoms with Crippen LogP contribution in [0.25, 0.3) is 0 Å². The van der Waals surface area contributed by atoms with Gasteiger partial charge >= 0.3 is 0 Å². The summed E-state index contributed by atoms with van der Waals surface area (Å²) in [4.78, 5) is 12.3. The van der Waals surface area contributed by atoms with Crippen molar-refractivity contribution in [1.29, 1.82) is 0 Å². The zero-order chi connectivity index (χ0) is 13.7. The van der Waals surface area contributed by atoms with E-state index in [9.17, 15) is 4.79 Å². The molecule has 1 amide bonds. The number of hydrogen-bond acceptors (Lipinski definition) is 1. The molecule has 2 aliphatic rings. The van der Waals surface area contributed by atoms with Crippen LogP contribution in [-0.4, -0.2) is 5.91 Å². The first-order chi connectivity index (χ1) is 9.31. The zero-order valence-electron chi connectivity index (χ0n) is 11.6. The van der Waals surface area contributed by atoms with Crippen LogP contribution in [0, 0.1) is 0 Å². The number of allylic oxidation sites excluding steroid dienone is 3. The van der Waals surface area contributed by atoms with Crippen LogP contribution < -0.4 is 5.32 Å². The number of benzene rings is 1. The van der Waals surface area contributed by atoms with Crippen molar-refractivity contribution in [1.82, 2.24) is 5.32 Å². The van der Waals surface area contributed by atoms with Crippen LogP contribution in [0.15, 0.2) is 54.3 Å². The highest BCUT2D eigenvalue weighted by Gasteiger charge is 2.51. The fourth-order valence-corrected chi connectivity index (χ4v) is 2.33. The van der Waals surface area contributed by atoms with Crippen molar-refractivity contribution >= 4 is 5.91 Å². The van der Waals surface area contributed by atoms with Crippen LogP contribution >= 0.6 is 0 Å². The molecule has 0 radical (unpaired) electrons. The van der Waals surface area contributed by atoms with Crippen LogP contribution in [0.2, 0.25) is 0 Å². The maximum Gasteiger partial charge on any atom is 0.234 e. The van der Waals surface area contributed by atoms with Crippen molar-refractivity contribution < 1.29 is 4.79 Å². The van der Waals surface area contributed by atoms with Crippen LogP contribution in [0.4, 0.5) is 0 Å². The van der Waals surface area contributed by atoms with Crippen LogP contribution in [0.3, 0.4) is 0 Å². The topological polar surface area (TPSA) is 29.1 Å². The minimum atomic E-state index is -0.259. The first kappa shape index (κ1) is 13.6. The molecule has 0 aliphatic heterocycles. The highest BCUT2D eigenvalue weighted by molar-refractivity contribution is 5.92. The number of amides is 1. The van der Waals surface area contributed by atoms with Gasteiger partial charge in [0.1, 0.15) is 0 Å². The molecule has 19 heavy (non-hydrogen) atoms. The average Bonchev–Trinajstić information content (AvgIpc) is 3.15. The summed E-state index contributed by atoms with van der Waals surface area (Å²) < 4.78 is 0. The van der Waals surface area contributed by atoms with Crippen molar-refractivity contribution in [3.05, 3.63) is 59.8 Å². The van der Waals surface area contributed by atoms with Crippen molar-refractivity contribution in [3.8, 4) is 0 Å². The van der Waals surface area contributed by atoms with Gasteiger partial charge in [0.05, 0.1) is 5.41 Å². The Kier molecular flexibility index (Phi) is 4.20. The lowest BCUT2D eigenvalue weighted by molar-refractivity contribution is -0.122. The van der Waals surface area contributed by atoms with E-state index in [1.807, 2.05) is 56.3 Å². The second-order valence-electron chi connectivity index (χ2n) is 4.73. The summed E-state index contributed by atoms with van der Waals surface area (Å²) in [7, 11) is 0. The van der Waals surface area contributed by atoms with E-state index in [-0.39, 0.29) is 11.3 Å². The standard InChI is InChI=1S/C15H15NO.C2H6/c17-14(16-13-8-4-5-9-13)15(10-11-15)12-6-2-1-3-7-12;1-2/h1-8H,9-11H2,(H,16,17);1-2H3. The lowest BCUT2D eigenvalue weighted by atomic mass is 9.95. The Bertz CT molecular complexity index is 495. The Balaban J connectivity index is 0.000000637. The third-order valence-electron chi connectivity index (χ3n) is 3.56. The SMILES string of the molecule is CC.O=C(NC1=CC=CC1)C1(c2ccccc2)CC1. The van der Waals surface area contributed by atoms with Crippen molar-refractivity contribution in [2.75, 3.05) is 0 Å². The van der Waals surface area contributed by atoms with Crippen molar-refractivity contribution in [2.45, 2.75) is 38.5 Å². The summed E-state index contributed by atoms with van der Waals surface area (Å²) in [6, 6.07) is 10.1. The van der Waals surface area contributed by atoms with E-state index in [4.69, 9.17) is 0 Å². The van der Waals surface area contributed by atoms with Gasteiger partial charge in [-0.05, 0) is 24.5 Å². The van der Waals surface area contributed by atoms with E-state index in [2.05, 4.69) is 11.4 Å². The van der Waals surface area contributed by atoms with Gasteiger partial charge in [0.15, 0.2) is 0 Å². The number of nitrogens with one attached hydrogen (secondary N) is 1. The summed E-state index contributed by atoms with van der Waals surface area (Å²) in [5, 5.41) is 3.04. The van der Waals surface area contributed by atoms with Crippen molar-refractivity contribution in [2.24, 2.45) is 0 Å². The van der Waals surface area contributed by atoms with Gasteiger partial charge in [-0.15, -0.1) is 0 Å². The molecule has 1 saturated carbocycles. The smallest absolute Gasteiger partial charge is 0.234 e. The third kappa shape index (κ3) is 2.78. The van der Waals surface area contributed by atoms with E-state index in [1.54, 1.807) is 0 Å². The number of rotatable bonds is 3. The molecule has 3 rings (SSSR count). The predicted octanol–water partition coefficient (Wildman–Crippen LogP) is 3.70. The van der Waals surface area contributed by atoms with Gasteiger partial charge in [-0.25, -0.2) is 0 Å². The van der Waals surface area contributed by atoms with Crippen LogP contribution in [0.1, 0.15) is 38.7 Å². The van der Waals surface area contributed by atoms with Crippen LogP contribution in [-0.2, 0) is 10.2 Å². The quantitative estimate of drug-likeness (QED) is 0.876. The fourth-order valence-electron chi connectivity index (χ4n) is 2.33. The molecule has 2 heteroatoms. The molecular weight excluding hydrogens is 234 g/mol. The summed E-state index contributed by atoms with van der Waals surface area (Å²) in [6.07, 6.45) is 8.78. The third-order valence-corrected chi connectivity index (χ3v) is 3.56. The molecule has 2 aliphatic carbocycles. The maximum atomic E-state index is 12.3. The summed E-state index contributed by atoms with van der Waals surface area (Å²) >= 11 is 0. The normalized spacial score (nSPS) is 18.1.